The second kappa shape index (κ2) is 5.49. The van der Waals surface area contributed by atoms with E-state index >= 15 is 0 Å². The van der Waals surface area contributed by atoms with Crippen molar-refractivity contribution in [1.82, 2.24) is 14.8 Å². The highest BCUT2D eigenvalue weighted by Gasteiger charge is 2.16. The van der Waals surface area contributed by atoms with Crippen molar-refractivity contribution in [2.45, 2.75) is 5.88 Å². The van der Waals surface area contributed by atoms with Crippen LogP contribution < -0.4 is 0 Å². The number of ether oxygens (including phenoxy) is 1. The van der Waals surface area contributed by atoms with Crippen LogP contribution in [-0.2, 0) is 10.6 Å². The molecule has 18 heavy (non-hydrogen) atoms. The number of alkyl halides is 1. The first-order valence-corrected chi connectivity index (χ1v) is 6.33. The molecule has 1 aromatic heterocycles. The van der Waals surface area contributed by atoms with Crippen molar-refractivity contribution in [3.63, 3.8) is 0 Å². The maximum atomic E-state index is 11.8. The Kier molecular flexibility index (Phi) is 3.98. The van der Waals surface area contributed by atoms with Gasteiger partial charge in [-0.2, -0.15) is 0 Å². The molecule has 0 fully saturated rings. The Balaban J connectivity index is 2.60. The van der Waals surface area contributed by atoms with Crippen LogP contribution in [0.4, 0.5) is 0 Å². The number of hydrogen-bond acceptors (Lipinski definition) is 4. The van der Waals surface area contributed by atoms with Crippen molar-refractivity contribution in [1.29, 1.82) is 0 Å². The smallest absolute Gasteiger partial charge is 0.340 e. The van der Waals surface area contributed by atoms with Gasteiger partial charge < -0.3 is 4.74 Å². The lowest BCUT2D eigenvalue weighted by Crippen LogP contribution is -2.09. The number of rotatable bonds is 3. The van der Waals surface area contributed by atoms with Crippen LogP contribution in [0.5, 0.6) is 0 Å². The predicted molar refractivity (Wildman–Crippen MR) is 70.0 cm³/mol. The van der Waals surface area contributed by atoms with E-state index in [1.807, 2.05) is 6.07 Å². The number of aromatic nitrogens is 3. The normalized spacial score (nSPS) is 10.4. The Labute approximate surface area is 117 Å². The van der Waals surface area contributed by atoms with Gasteiger partial charge in [0.1, 0.15) is 6.33 Å². The third-order valence-electron chi connectivity index (χ3n) is 2.36. The zero-order valence-corrected chi connectivity index (χ0v) is 11.8. The highest BCUT2D eigenvalue weighted by molar-refractivity contribution is 9.10. The molecule has 0 spiro atoms. The fraction of sp³-hybridized carbons (Fsp3) is 0.182. The molecule has 2 rings (SSSR count). The minimum absolute atomic E-state index is 0.205. The van der Waals surface area contributed by atoms with Crippen LogP contribution in [0.25, 0.3) is 5.69 Å². The standard InChI is InChI=1S/C11H9BrClN3O2/c1-18-11(17)8-4-7(12)2-3-9(8)16-6-14-15-10(16)5-13/h2-4,6H,5H2,1H3. The van der Waals surface area contributed by atoms with Crippen molar-refractivity contribution < 1.29 is 9.53 Å². The molecule has 5 nitrogen and oxygen atoms in total. The Morgan fingerprint density at radius 1 is 1.56 bits per heavy atom. The molecule has 7 heteroatoms. The Morgan fingerprint density at radius 2 is 2.33 bits per heavy atom. The largest absolute Gasteiger partial charge is 0.465 e. The zero-order valence-electron chi connectivity index (χ0n) is 9.43. The average molecular weight is 331 g/mol. The summed E-state index contributed by atoms with van der Waals surface area (Å²) in [5, 5.41) is 7.66. The molecule has 94 valence electrons. The molecule has 0 radical (unpaired) electrons. The number of nitrogens with zero attached hydrogens (tertiary/aromatic N) is 3. The van der Waals surface area contributed by atoms with Crippen LogP contribution in [0.15, 0.2) is 29.0 Å². The van der Waals surface area contributed by atoms with Crippen LogP contribution in [0, 0.1) is 0 Å². The molecule has 0 aliphatic carbocycles. The van der Waals surface area contributed by atoms with Gasteiger partial charge in [-0.05, 0) is 18.2 Å². The number of hydrogen-bond donors (Lipinski definition) is 0. The average Bonchev–Trinajstić information content (AvgIpc) is 2.85. The molecule has 0 N–H and O–H groups in total. The fourth-order valence-electron chi connectivity index (χ4n) is 1.54. The van der Waals surface area contributed by atoms with Crippen molar-refractivity contribution in [3.05, 3.63) is 40.4 Å². The van der Waals surface area contributed by atoms with E-state index < -0.39 is 5.97 Å². The van der Waals surface area contributed by atoms with E-state index in [1.54, 1.807) is 16.7 Å². The van der Waals surface area contributed by atoms with Crippen LogP contribution in [0.1, 0.15) is 16.2 Å². The predicted octanol–water partition coefficient (Wildman–Crippen LogP) is 2.56. The second-order valence-electron chi connectivity index (χ2n) is 3.40. The molecule has 2 aromatic rings. The summed E-state index contributed by atoms with van der Waals surface area (Å²) in [6, 6.07) is 5.27. The van der Waals surface area contributed by atoms with E-state index in [0.29, 0.717) is 17.1 Å². The van der Waals surface area contributed by atoms with E-state index in [0.717, 1.165) is 4.47 Å². The topological polar surface area (TPSA) is 57.0 Å². The molecular formula is C11H9BrClN3O2. The lowest BCUT2D eigenvalue weighted by atomic mass is 10.2. The Morgan fingerprint density at radius 3 is 3.00 bits per heavy atom. The molecule has 1 aromatic carbocycles. The van der Waals surface area contributed by atoms with Gasteiger partial charge in [-0.3, -0.25) is 4.57 Å². The van der Waals surface area contributed by atoms with E-state index in [2.05, 4.69) is 26.1 Å². The summed E-state index contributed by atoms with van der Waals surface area (Å²) < 4.78 is 7.20. The fourth-order valence-corrected chi connectivity index (χ4v) is 2.09. The number of carbonyl (C=O) groups is 1. The molecule has 0 saturated heterocycles. The number of methoxy groups -OCH3 is 1. The highest BCUT2D eigenvalue weighted by atomic mass is 79.9. The molecule has 0 unspecified atom stereocenters. The SMILES string of the molecule is COC(=O)c1cc(Br)ccc1-n1cnnc1CCl. The van der Waals surface area contributed by atoms with E-state index in [-0.39, 0.29) is 5.88 Å². The zero-order chi connectivity index (χ0) is 13.1. The summed E-state index contributed by atoms with van der Waals surface area (Å²) in [5.74, 6) is 0.334. The van der Waals surface area contributed by atoms with Crippen molar-refractivity contribution in [3.8, 4) is 5.69 Å². The van der Waals surface area contributed by atoms with Gasteiger partial charge in [0.2, 0.25) is 0 Å². The van der Waals surface area contributed by atoms with Gasteiger partial charge >= 0.3 is 5.97 Å². The maximum absolute atomic E-state index is 11.8. The van der Waals surface area contributed by atoms with Crippen LogP contribution in [-0.4, -0.2) is 27.8 Å². The molecule has 1 heterocycles. The van der Waals surface area contributed by atoms with E-state index in [9.17, 15) is 4.79 Å². The number of benzene rings is 1. The lowest BCUT2D eigenvalue weighted by Gasteiger charge is -2.10. The highest BCUT2D eigenvalue weighted by Crippen LogP contribution is 2.22. The number of halogens is 2. The maximum Gasteiger partial charge on any atom is 0.340 e. The van der Waals surface area contributed by atoms with Gasteiger partial charge in [-0.25, -0.2) is 4.79 Å². The number of carbonyl (C=O) groups excluding carboxylic acids is 1. The van der Waals surface area contributed by atoms with E-state index in [1.165, 1.54) is 13.4 Å². The van der Waals surface area contributed by atoms with Crippen molar-refractivity contribution in [2.24, 2.45) is 0 Å². The molecule has 0 amide bonds. The molecule has 0 aliphatic rings. The minimum atomic E-state index is -0.430. The van der Waals surface area contributed by atoms with Gasteiger partial charge in [-0.1, -0.05) is 15.9 Å². The summed E-state index contributed by atoms with van der Waals surface area (Å²) in [4.78, 5) is 11.8. The molecule has 0 bridgehead atoms. The first-order chi connectivity index (χ1) is 8.67. The third kappa shape index (κ3) is 2.39. The van der Waals surface area contributed by atoms with Gasteiger partial charge in [-0.15, -0.1) is 21.8 Å². The molecular weight excluding hydrogens is 321 g/mol. The minimum Gasteiger partial charge on any atom is -0.465 e. The van der Waals surface area contributed by atoms with Crippen LogP contribution in [0.2, 0.25) is 0 Å². The first kappa shape index (κ1) is 13.0. The Bertz CT molecular complexity index is 585. The number of esters is 1. The van der Waals surface area contributed by atoms with Crippen molar-refractivity contribution >= 4 is 33.5 Å². The quantitative estimate of drug-likeness (QED) is 0.641. The second-order valence-corrected chi connectivity index (χ2v) is 4.59. The summed E-state index contributed by atoms with van der Waals surface area (Å²) in [5.41, 5.74) is 1.05. The van der Waals surface area contributed by atoms with Gasteiger partial charge in [0.25, 0.3) is 0 Å². The van der Waals surface area contributed by atoms with Crippen LogP contribution >= 0.6 is 27.5 Å². The van der Waals surface area contributed by atoms with Crippen LogP contribution in [0.3, 0.4) is 0 Å². The summed E-state index contributed by atoms with van der Waals surface area (Å²) >= 11 is 9.09. The summed E-state index contributed by atoms with van der Waals surface area (Å²) in [6.07, 6.45) is 1.51. The first-order valence-electron chi connectivity index (χ1n) is 5.00. The molecule has 0 atom stereocenters. The molecule has 0 saturated carbocycles. The van der Waals surface area contributed by atoms with Gasteiger partial charge in [0.15, 0.2) is 5.82 Å². The lowest BCUT2D eigenvalue weighted by molar-refractivity contribution is 0.0600. The summed E-state index contributed by atoms with van der Waals surface area (Å²) in [7, 11) is 1.33. The van der Waals surface area contributed by atoms with E-state index in [4.69, 9.17) is 16.3 Å². The van der Waals surface area contributed by atoms with Gasteiger partial charge in [0.05, 0.1) is 24.2 Å². The summed E-state index contributed by atoms with van der Waals surface area (Å²) in [6.45, 7) is 0. The van der Waals surface area contributed by atoms with Crippen molar-refractivity contribution in [2.75, 3.05) is 7.11 Å². The molecule has 0 aliphatic heterocycles. The van der Waals surface area contributed by atoms with Gasteiger partial charge in [0, 0.05) is 4.47 Å². The monoisotopic (exact) mass is 329 g/mol. The third-order valence-corrected chi connectivity index (χ3v) is 3.09. The Hall–Kier alpha value is -1.40.